The zero-order valence-electron chi connectivity index (χ0n) is 11.5. The largest absolute Gasteiger partial charge is 0.494 e. The van der Waals surface area contributed by atoms with Gasteiger partial charge in [-0.2, -0.15) is 5.10 Å². The van der Waals surface area contributed by atoms with Crippen LogP contribution in [0.2, 0.25) is 0 Å². The highest BCUT2D eigenvalue weighted by atomic mass is 16.5. The van der Waals surface area contributed by atoms with Gasteiger partial charge in [-0.3, -0.25) is 4.79 Å². The van der Waals surface area contributed by atoms with Crippen LogP contribution in [0.25, 0.3) is 0 Å². The molecule has 4 nitrogen and oxygen atoms in total. The van der Waals surface area contributed by atoms with Gasteiger partial charge in [0.05, 0.1) is 12.3 Å². The normalized spacial score (nSPS) is 15.2. The van der Waals surface area contributed by atoms with Crippen molar-refractivity contribution in [2.24, 2.45) is 11.0 Å². The van der Waals surface area contributed by atoms with Gasteiger partial charge >= 0.3 is 0 Å². The summed E-state index contributed by atoms with van der Waals surface area (Å²) >= 11 is 0. The molecule has 0 saturated heterocycles. The molecule has 1 fully saturated rings. The molecular formula is C15H20N2O2. The van der Waals surface area contributed by atoms with E-state index in [1.807, 2.05) is 31.2 Å². The minimum Gasteiger partial charge on any atom is -0.494 e. The third kappa shape index (κ3) is 4.09. The van der Waals surface area contributed by atoms with Crippen molar-refractivity contribution in [3.8, 4) is 5.75 Å². The minimum atomic E-state index is 0.0299. The standard InChI is InChI=1S/C15H20N2O2/c1-3-10-19-14-8-6-12(7-9-14)11(2)16-17-15(18)13-4-5-13/h6-9,13H,3-5,10H2,1-2H3,(H,17,18)/b16-11+. The fourth-order valence-corrected chi connectivity index (χ4v) is 1.65. The highest BCUT2D eigenvalue weighted by Crippen LogP contribution is 2.28. The second-order valence-electron chi connectivity index (χ2n) is 4.82. The molecule has 1 amide bonds. The number of nitrogens with zero attached hydrogens (tertiary/aromatic N) is 1. The number of hydrogen-bond donors (Lipinski definition) is 1. The first kappa shape index (κ1) is 13.6. The van der Waals surface area contributed by atoms with Crippen molar-refractivity contribution < 1.29 is 9.53 Å². The van der Waals surface area contributed by atoms with Crippen molar-refractivity contribution in [1.29, 1.82) is 0 Å². The van der Waals surface area contributed by atoms with E-state index >= 15 is 0 Å². The molecule has 1 aliphatic rings. The molecule has 1 aromatic carbocycles. The highest BCUT2D eigenvalue weighted by molar-refractivity contribution is 5.99. The summed E-state index contributed by atoms with van der Waals surface area (Å²) < 4.78 is 5.52. The van der Waals surface area contributed by atoms with Gasteiger partial charge in [0.2, 0.25) is 5.91 Å². The van der Waals surface area contributed by atoms with Gasteiger partial charge < -0.3 is 4.74 Å². The Morgan fingerprint density at radius 3 is 2.63 bits per heavy atom. The average molecular weight is 260 g/mol. The number of ether oxygens (including phenoxy) is 1. The SMILES string of the molecule is CCCOc1ccc(/C(C)=N/NC(=O)C2CC2)cc1. The Hall–Kier alpha value is -1.84. The molecule has 0 heterocycles. The van der Waals surface area contributed by atoms with Crippen molar-refractivity contribution in [3.63, 3.8) is 0 Å². The Morgan fingerprint density at radius 1 is 1.37 bits per heavy atom. The second kappa shape index (κ2) is 6.36. The van der Waals surface area contributed by atoms with Gasteiger partial charge in [-0.1, -0.05) is 6.92 Å². The van der Waals surface area contributed by atoms with E-state index in [1.54, 1.807) is 0 Å². The molecule has 19 heavy (non-hydrogen) atoms. The third-order valence-electron chi connectivity index (χ3n) is 3.03. The predicted octanol–water partition coefficient (Wildman–Crippen LogP) is 2.73. The minimum absolute atomic E-state index is 0.0299. The fraction of sp³-hybridized carbons (Fsp3) is 0.467. The summed E-state index contributed by atoms with van der Waals surface area (Å²) in [6.07, 6.45) is 2.98. The maximum Gasteiger partial charge on any atom is 0.243 e. The lowest BCUT2D eigenvalue weighted by molar-refractivity contribution is -0.122. The van der Waals surface area contributed by atoms with Crippen LogP contribution >= 0.6 is 0 Å². The molecule has 1 saturated carbocycles. The monoisotopic (exact) mass is 260 g/mol. The first-order valence-corrected chi connectivity index (χ1v) is 6.78. The lowest BCUT2D eigenvalue weighted by Gasteiger charge is -2.06. The van der Waals surface area contributed by atoms with Crippen LogP contribution in [0.3, 0.4) is 0 Å². The summed E-state index contributed by atoms with van der Waals surface area (Å²) in [5.41, 5.74) is 4.40. The van der Waals surface area contributed by atoms with E-state index in [4.69, 9.17) is 4.74 Å². The van der Waals surface area contributed by atoms with Gasteiger partial charge in [0.1, 0.15) is 5.75 Å². The number of nitrogens with one attached hydrogen (secondary N) is 1. The third-order valence-corrected chi connectivity index (χ3v) is 3.03. The Kier molecular flexibility index (Phi) is 4.55. The molecule has 1 aliphatic carbocycles. The number of hydrazone groups is 1. The summed E-state index contributed by atoms with van der Waals surface area (Å²) in [6.45, 7) is 4.69. The van der Waals surface area contributed by atoms with E-state index in [0.717, 1.165) is 42.9 Å². The highest BCUT2D eigenvalue weighted by Gasteiger charge is 2.29. The summed E-state index contributed by atoms with van der Waals surface area (Å²) in [7, 11) is 0. The Labute approximate surface area is 113 Å². The lowest BCUT2D eigenvalue weighted by atomic mass is 10.1. The summed E-state index contributed by atoms with van der Waals surface area (Å²) in [5.74, 6) is 1.07. The molecule has 0 radical (unpaired) electrons. The van der Waals surface area contributed by atoms with E-state index in [2.05, 4.69) is 17.5 Å². The lowest BCUT2D eigenvalue weighted by Crippen LogP contribution is -2.20. The van der Waals surface area contributed by atoms with Crippen molar-refractivity contribution in [2.75, 3.05) is 6.61 Å². The van der Waals surface area contributed by atoms with Gasteiger partial charge in [0.15, 0.2) is 0 Å². The molecule has 1 aromatic rings. The number of carbonyl (C=O) groups excluding carboxylic acids is 1. The zero-order valence-corrected chi connectivity index (χ0v) is 11.5. The average Bonchev–Trinajstić information content (AvgIpc) is 3.27. The van der Waals surface area contributed by atoms with E-state index in [0.29, 0.717) is 0 Å². The van der Waals surface area contributed by atoms with Crippen LogP contribution in [0.15, 0.2) is 29.4 Å². The maximum atomic E-state index is 11.5. The number of amides is 1. The molecule has 0 unspecified atom stereocenters. The van der Waals surface area contributed by atoms with Crippen molar-refractivity contribution in [2.45, 2.75) is 33.1 Å². The van der Waals surface area contributed by atoms with Gasteiger partial charge in [-0.15, -0.1) is 0 Å². The smallest absolute Gasteiger partial charge is 0.243 e. The maximum absolute atomic E-state index is 11.5. The van der Waals surface area contributed by atoms with Crippen molar-refractivity contribution in [3.05, 3.63) is 29.8 Å². The second-order valence-corrected chi connectivity index (χ2v) is 4.82. The van der Waals surface area contributed by atoms with Gasteiger partial charge in [-0.25, -0.2) is 5.43 Å². The summed E-state index contributed by atoms with van der Waals surface area (Å²) in [4.78, 5) is 11.5. The van der Waals surface area contributed by atoms with Crippen LogP contribution in [0.1, 0.15) is 38.7 Å². The Balaban J connectivity index is 1.92. The molecular weight excluding hydrogens is 240 g/mol. The Bertz CT molecular complexity index is 462. The predicted molar refractivity (Wildman–Crippen MR) is 75.3 cm³/mol. The molecule has 0 aliphatic heterocycles. The molecule has 0 bridgehead atoms. The summed E-state index contributed by atoms with van der Waals surface area (Å²) in [5, 5.41) is 4.12. The molecule has 0 atom stereocenters. The van der Waals surface area contributed by atoms with E-state index in [-0.39, 0.29) is 11.8 Å². The van der Waals surface area contributed by atoms with Gasteiger partial charge in [-0.05, 0) is 56.0 Å². The van der Waals surface area contributed by atoms with Crippen LogP contribution in [-0.4, -0.2) is 18.2 Å². The topological polar surface area (TPSA) is 50.7 Å². The summed E-state index contributed by atoms with van der Waals surface area (Å²) in [6, 6.07) is 7.75. The van der Waals surface area contributed by atoms with Crippen molar-refractivity contribution in [1.82, 2.24) is 5.43 Å². The van der Waals surface area contributed by atoms with Gasteiger partial charge in [0, 0.05) is 5.92 Å². The van der Waals surface area contributed by atoms with E-state index in [1.165, 1.54) is 0 Å². The van der Waals surface area contributed by atoms with Crippen LogP contribution < -0.4 is 10.2 Å². The first-order chi connectivity index (χ1) is 9.20. The van der Waals surface area contributed by atoms with Crippen LogP contribution in [-0.2, 0) is 4.79 Å². The number of carbonyl (C=O) groups is 1. The quantitative estimate of drug-likeness (QED) is 0.631. The molecule has 2 rings (SSSR count). The van der Waals surface area contributed by atoms with Crippen LogP contribution in [0.4, 0.5) is 0 Å². The fourth-order valence-electron chi connectivity index (χ4n) is 1.65. The van der Waals surface area contributed by atoms with Crippen molar-refractivity contribution >= 4 is 11.6 Å². The zero-order chi connectivity index (χ0) is 13.7. The first-order valence-electron chi connectivity index (χ1n) is 6.78. The van der Waals surface area contributed by atoms with Crippen LogP contribution in [0, 0.1) is 5.92 Å². The van der Waals surface area contributed by atoms with Crippen LogP contribution in [0.5, 0.6) is 5.75 Å². The number of rotatable bonds is 6. The molecule has 1 N–H and O–H groups in total. The number of benzene rings is 1. The molecule has 102 valence electrons. The van der Waals surface area contributed by atoms with E-state index in [9.17, 15) is 4.79 Å². The number of hydrogen-bond acceptors (Lipinski definition) is 3. The van der Waals surface area contributed by atoms with E-state index < -0.39 is 0 Å². The molecule has 0 aromatic heterocycles. The van der Waals surface area contributed by atoms with Gasteiger partial charge in [0.25, 0.3) is 0 Å². The Morgan fingerprint density at radius 2 is 2.05 bits per heavy atom. The molecule has 4 heteroatoms. The molecule has 0 spiro atoms.